The minimum atomic E-state index is 0. The van der Waals surface area contributed by atoms with Crippen LogP contribution >= 0.6 is 0 Å². The fraction of sp³-hybridized carbons (Fsp3) is 0.750. The molecule has 0 nitrogen and oxygen atoms in total. The molecule has 6 heavy (non-hydrogen) atoms. The standard InChI is InChI=1S/C4H9.2Ti/c1-3-4-2;;/h1,3-4H2,2H3;;. The van der Waals surface area contributed by atoms with Gasteiger partial charge in [0.05, 0.1) is 0 Å². The fourth-order valence-electron chi connectivity index (χ4n) is 0. The molecular weight excluding hydrogens is 144 g/mol. The van der Waals surface area contributed by atoms with Crippen molar-refractivity contribution < 1.29 is 43.4 Å². The van der Waals surface area contributed by atoms with Crippen molar-refractivity contribution in [3.05, 3.63) is 6.92 Å². The first-order valence-corrected chi connectivity index (χ1v) is 1.71. The maximum atomic E-state index is 3.60. The third-order valence-electron chi connectivity index (χ3n) is 0.354. The van der Waals surface area contributed by atoms with Crippen LogP contribution in [0.2, 0.25) is 0 Å². The first-order valence-electron chi connectivity index (χ1n) is 1.71. The van der Waals surface area contributed by atoms with Gasteiger partial charge in [-0.05, 0) is 0 Å². The third-order valence-corrected chi connectivity index (χ3v) is 0.354. The van der Waals surface area contributed by atoms with Gasteiger partial charge in [-0.3, -0.25) is 0 Å². The zero-order valence-electron chi connectivity index (χ0n) is 4.12. The van der Waals surface area contributed by atoms with Crippen LogP contribution in [0.5, 0.6) is 0 Å². The molecule has 0 saturated heterocycles. The zero-order chi connectivity index (χ0) is 3.41. The van der Waals surface area contributed by atoms with Crippen molar-refractivity contribution in [3.8, 4) is 0 Å². The Morgan fingerprint density at radius 2 is 1.50 bits per heavy atom. The van der Waals surface area contributed by atoms with Crippen LogP contribution < -0.4 is 0 Å². The molecule has 0 aliphatic heterocycles. The summed E-state index contributed by atoms with van der Waals surface area (Å²) in [5.41, 5.74) is 0. The quantitative estimate of drug-likeness (QED) is 0.502. The Bertz CT molecular complexity index is 7.51. The van der Waals surface area contributed by atoms with E-state index < -0.39 is 0 Å². The zero-order valence-corrected chi connectivity index (χ0v) is 7.24. The molecular formula is C4H9Ti2. The molecule has 0 aliphatic carbocycles. The average molecular weight is 153 g/mol. The van der Waals surface area contributed by atoms with Crippen molar-refractivity contribution >= 4 is 0 Å². The Morgan fingerprint density at radius 3 is 1.50 bits per heavy atom. The fourth-order valence-corrected chi connectivity index (χ4v) is 0. The van der Waals surface area contributed by atoms with Crippen LogP contribution in [0.3, 0.4) is 0 Å². The second-order valence-electron chi connectivity index (χ2n) is 0.854. The summed E-state index contributed by atoms with van der Waals surface area (Å²) >= 11 is 0. The van der Waals surface area contributed by atoms with Gasteiger partial charge >= 0.3 is 0 Å². The molecule has 0 N–H and O–H groups in total. The van der Waals surface area contributed by atoms with Crippen LogP contribution in [-0.4, -0.2) is 0 Å². The Hall–Kier alpha value is 1.43. The van der Waals surface area contributed by atoms with Crippen LogP contribution in [0.25, 0.3) is 0 Å². The molecule has 1 radical (unpaired) electrons. The van der Waals surface area contributed by atoms with Gasteiger partial charge < -0.3 is 0 Å². The van der Waals surface area contributed by atoms with Gasteiger partial charge in [0.1, 0.15) is 0 Å². The number of hydrogen-bond donors (Lipinski definition) is 0. The Morgan fingerprint density at radius 1 is 1.33 bits per heavy atom. The molecule has 0 aromatic rings. The first-order chi connectivity index (χ1) is 1.91. The molecule has 0 unspecified atom stereocenters. The van der Waals surface area contributed by atoms with E-state index in [1.807, 2.05) is 0 Å². The van der Waals surface area contributed by atoms with E-state index in [1.54, 1.807) is 0 Å². The average Bonchev–Trinajstić information content (AvgIpc) is 1.37. The van der Waals surface area contributed by atoms with Gasteiger partial charge in [-0.1, -0.05) is 26.7 Å². The molecule has 0 rings (SSSR count). The molecule has 0 aliphatic rings. The van der Waals surface area contributed by atoms with Crippen LogP contribution in [0.1, 0.15) is 19.8 Å². The van der Waals surface area contributed by atoms with Crippen LogP contribution in [0, 0.1) is 6.92 Å². The van der Waals surface area contributed by atoms with E-state index in [2.05, 4.69) is 13.8 Å². The molecule has 0 aromatic heterocycles. The van der Waals surface area contributed by atoms with E-state index in [0.717, 1.165) is 6.42 Å². The van der Waals surface area contributed by atoms with Gasteiger partial charge in [-0.25, -0.2) is 0 Å². The largest absolute Gasteiger partial charge is 0.0654 e. The van der Waals surface area contributed by atoms with E-state index in [0.29, 0.717) is 0 Å². The summed E-state index contributed by atoms with van der Waals surface area (Å²) in [6.45, 7) is 5.72. The molecule has 2 heteroatoms. The van der Waals surface area contributed by atoms with Gasteiger partial charge in [0.25, 0.3) is 0 Å². The van der Waals surface area contributed by atoms with Crippen molar-refractivity contribution in [2.75, 3.05) is 0 Å². The summed E-state index contributed by atoms with van der Waals surface area (Å²) in [4.78, 5) is 0. The maximum absolute atomic E-state index is 3.60. The molecule has 0 spiro atoms. The van der Waals surface area contributed by atoms with E-state index in [-0.39, 0.29) is 43.4 Å². The van der Waals surface area contributed by atoms with Crippen LogP contribution in [0.15, 0.2) is 0 Å². The minimum Gasteiger partial charge on any atom is -0.0654 e. The molecule has 0 heterocycles. The summed E-state index contributed by atoms with van der Waals surface area (Å²) in [5, 5.41) is 0. The minimum absolute atomic E-state index is 0. The van der Waals surface area contributed by atoms with Gasteiger partial charge in [0, 0.05) is 43.4 Å². The summed E-state index contributed by atoms with van der Waals surface area (Å²) in [6, 6.07) is 0. The summed E-state index contributed by atoms with van der Waals surface area (Å²) < 4.78 is 0. The summed E-state index contributed by atoms with van der Waals surface area (Å²) in [7, 11) is 0. The second-order valence-corrected chi connectivity index (χ2v) is 0.854. The maximum Gasteiger partial charge on any atom is 0 e. The Labute approximate surface area is 69.8 Å². The molecule has 0 fully saturated rings. The van der Waals surface area contributed by atoms with Crippen molar-refractivity contribution in [2.24, 2.45) is 0 Å². The molecule has 33 valence electrons. The van der Waals surface area contributed by atoms with E-state index in [4.69, 9.17) is 0 Å². The van der Waals surface area contributed by atoms with Gasteiger partial charge in [-0.15, -0.1) is 0 Å². The van der Waals surface area contributed by atoms with Crippen molar-refractivity contribution in [2.45, 2.75) is 19.8 Å². The summed E-state index contributed by atoms with van der Waals surface area (Å²) in [5.74, 6) is 0. The van der Waals surface area contributed by atoms with E-state index in [1.165, 1.54) is 6.42 Å². The number of hydrogen-bond acceptors (Lipinski definition) is 0. The Kier molecular flexibility index (Phi) is 42.0. The number of unbranched alkanes of at least 4 members (excludes halogenated alkanes) is 1. The third kappa shape index (κ3) is 18.1. The molecule has 0 amide bonds. The molecule has 0 atom stereocenters. The van der Waals surface area contributed by atoms with Crippen molar-refractivity contribution in [1.82, 2.24) is 0 Å². The van der Waals surface area contributed by atoms with Gasteiger partial charge in [0.2, 0.25) is 0 Å². The number of rotatable bonds is 1. The molecule has 0 bridgehead atoms. The van der Waals surface area contributed by atoms with E-state index in [9.17, 15) is 0 Å². The SMILES string of the molecule is [CH2]CCC.[Ti].[Ti]. The van der Waals surface area contributed by atoms with Crippen molar-refractivity contribution in [1.29, 1.82) is 0 Å². The van der Waals surface area contributed by atoms with Gasteiger partial charge in [-0.2, -0.15) is 0 Å². The van der Waals surface area contributed by atoms with Crippen LogP contribution in [0.4, 0.5) is 0 Å². The molecule has 0 aromatic carbocycles. The van der Waals surface area contributed by atoms with E-state index >= 15 is 0 Å². The van der Waals surface area contributed by atoms with Gasteiger partial charge in [0.15, 0.2) is 0 Å². The smallest absolute Gasteiger partial charge is 0 e. The van der Waals surface area contributed by atoms with Crippen molar-refractivity contribution in [3.63, 3.8) is 0 Å². The normalized spacial score (nSPS) is 5.00. The first kappa shape index (κ1) is 15.7. The predicted molar refractivity (Wildman–Crippen MR) is 20.3 cm³/mol. The predicted octanol–water partition coefficient (Wildman–Crippen LogP) is 1.62. The molecule has 0 saturated carbocycles. The monoisotopic (exact) mass is 153 g/mol. The topological polar surface area (TPSA) is 0 Å². The van der Waals surface area contributed by atoms with Crippen LogP contribution in [-0.2, 0) is 43.4 Å². The Balaban J connectivity index is -0.0000000450. The second kappa shape index (κ2) is 16.1. The summed E-state index contributed by atoms with van der Waals surface area (Å²) in [6.07, 6.45) is 2.28.